The fourth-order valence-corrected chi connectivity index (χ4v) is 3.31. The molecule has 1 heterocycles. The van der Waals surface area contributed by atoms with Gasteiger partial charge in [-0.05, 0) is 37.1 Å². The van der Waals surface area contributed by atoms with E-state index in [4.69, 9.17) is 4.74 Å². The van der Waals surface area contributed by atoms with Crippen molar-refractivity contribution in [3.8, 4) is 5.75 Å². The van der Waals surface area contributed by atoms with Gasteiger partial charge < -0.3 is 15.4 Å². The van der Waals surface area contributed by atoms with Crippen LogP contribution in [0.2, 0.25) is 0 Å². The van der Waals surface area contributed by atoms with Gasteiger partial charge in [0.15, 0.2) is 0 Å². The van der Waals surface area contributed by atoms with Crippen LogP contribution in [0.5, 0.6) is 5.75 Å². The van der Waals surface area contributed by atoms with E-state index in [0.717, 1.165) is 11.3 Å². The van der Waals surface area contributed by atoms with Gasteiger partial charge in [0.25, 0.3) is 11.8 Å². The fourth-order valence-electron chi connectivity index (χ4n) is 2.63. The van der Waals surface area contributed by atoms with Crippen molar-refractivity contribution in [2.45, 2.75) is 27.4 Å². The summed E-state index contributed by atoms with van der Waals surface area (Å²) in [5.41, 5.74) is 2.33. The number of thiazole rings is 1. The minimum Gasteiger partial charge on any atom is -0.486 e. The SMILES string of the molecule is Cc1ccc(OCc2nc(C(=O)Nc3ccccc3C(=O)NCC(C)C)cs2)cc1. The van der Waals surface area contributed by atoms with Crippen molar-refractivity contribution >= 4 is 28.8 Å². The number of anilines is 1. The van der Waals surface area contributed by atoms with E-state index in [1.54, 1.807) is 29.6 Å². The molecular formula is C23H25N3O3S. The lowest BCUT2D eigenvalue weighted by Gasteiger charge is -2.12. The molecule has 3 aromatic rings. The van der Waals surface area contributed by atoms with E-state index in [1.807, 2.05) is 45.0 Å². The van der Waals surface area contributed by atoms with E-state index >= 15 is 0 Å². The molecular weight excluding hydrogens is 398 g/mol. The van der Waals surface area contributed by atoms with Crippen LogP contribution in [0.25, 0.3) is 0 Å². The third kappa shape index (κ3) is 5.90. The molecule has 0 bridgehead atoms. The first-order valence-corrected chi connectivity index (χ1v) is 10.6. The van der Waals surface area contributed by atoms with Crippen LogP contribution < -0.4 is 15.4 Å². The first-order valence-electron chi connectivity index (χ1n) is 9.75. The number of amides is 2. The van der Waals surface area contributed by atoms with E-state index in [9.17, 15) is 9.59 Å². The van der Waals surface area contributed by atoms with Crippen molar-refractivity contribution in [3.63, 3.8) is 0 Å². The maximum Gasteiger partial charge on any atom is 0.275 e. The summed E-state index contributed by atoms with van der Waals surface area (Å²) in [7, 11) is 0. The average Bonchev–Trinajstić information content (AvgIpc) is 3.21. The van der Waals surface area contributed by atoms with Gasteiger partial charge in [-0.2, -0.15) is 0 Å². The number of carbonyl (C=O) groups excluding carboxylic acids is 2. The van der Waals surface area contributed by atoms with Crippen LogP contribution in [0.3, 0.4) is 0 Å². The van der Waals surface area contributed by atoms with Crippen molar-refractivity contribution in [2.24, 2.45) is 5.92 Å². The summed E-state index contributed by atoms with van der Waals surface area (Å²) in [6.45, 7) is 6.92. The second-order valence-corrected chi connectivity index (χ2v) is 8.27. The van der Waals surface area contributed by atoms with Crippen molar-refractivity contribution < 1.29 is 14.3 Å². The molecule has 0 aliphatic heterocycles. The van der Waals surface area contributed by atoms with Crippen LogP contribution in [0.4, 0.5) is 5.69 Å². The lowest BCUT2D eigenvalue weighted by atomic mass is 10.1. The second-order valence-electron chi connectivity index (χ2n) is 7.33. The number of nitrogens with zero attached hydrogens (tertiary/aromatic N) is 1. The zero-order valence-corrected chi connectivity index (χ0v) is 18.1. The van der Waals surface area contributed by atoms with Crippen molar-refractivity contribution in [2.75, 3.05) is 11.9 Å². The second kappa shape index (κ2) is 10.0. The van der Waals surface area contributed by atoms with E-state index in [2.05, 4.69) is 15.6 Å². The van der Waals surface area contributed by atoms with Crippen molar-refractivity contribution in [3.05, 3.63) is 75.7 Å². The van der Waals surface area contributed by atoms with Gasteiger partial charge in [-0.3, -0.25) is 9.59 Å². The van der Waals surface area contributed by atoms with Crippen LogP contribution in [0.15, 0.2) is 53.9 Å². The lowest BCUT2D eigenvalue weighted by molar-refractivity contribution is 0.0950. The summed E-state index contributed by atoms with van der Waals surface area (Å²) in [6, 6.07) is 14.7. The molecule has 0 saturated carbocycles. The van der Waals surface area contributed by atoms with Gasteiger partial charge in [0, 0.05) is 11.9 Å². The van der Waals surface area contributed by atoms with Crippen molar-refractivity contribution in [1.82, 2.24) is 10.3 Å². The quantitative estimate of drug-likeness (QED) is 0.552. The zero-order chi connectivity index (χ0) is 21.5. The van der Waals surface area contributed by atoms with Crippen LogP contribution in [-0.2, 0) is 6.61 Å². The van der Waals surface area contributed by atoms with Crippen LogP contribution in [-0.4, -0.2) is 23.3 Å². The molecule has 1 aromatic heterocycles. The maximum absolute atomic E-state index is 12.6. The Labute approximate surface area is 180 Å². The minimum absolute atomic E-state index is 0.218. The Kier molecular flexibility index (Phi) is 7.19. The summed E-state index contributed by atoms with van der Waals surface area (Å²) in [6.07, 6.45) is 0. The summed E-state index contributed by atoms with van der Waals surface area (Å²) in [5.74, 6) is 0.511. The third-order valence-electron chi connectivity index (χ3n) is 4.26. The topological polar surface area (TPSA) is 80.3 Å². The molecule has 0 atom stereocenters. The van der Waals surface area contributed by atoms with Crippen LogP contribution >= 0.6 is 11.3 Å². The van der Waals surface area contributed by atoms with Gasteiger partial charge >= 0.3 is 0 Å². The predicted octanol–water partition coefficient (Wildman–Crippen LogP) is 4.67. The Morgan fingerprint density at radius 2 is 1.80 bits per heavy atom. The van der Waals surface area contributed by atoms with Gasteiger partial charge in [-0.25, -0.2) is 4.98 Å². The Morgan fingerprint density at radius 1 is 1.07 bits per heavy atom. The van der Waals surface area contributed by atoms with E-state index in [0.29, 0.717) is 34.4 Å². The van der Waals surface area contributed by atoms with Gasteiger partial charge in [-0.1, -0.05) is 43.7 Å². The molecule has 7 heteroatoms. The smallest absolute Gasteiger partial charge is 0.275 e. The number of rotatable bonds is 8. The lowest BCUT2D eigenvalue weighted by Crippen LogP contribution is -2.28. The standard InChI is InChI=1S/C23H25N3O3S/c1-15(2)12-24-22(27)18-6-4-5-7-19(18)26-23(28)20-14-30-21(25-20)13-29-17-10-8-16(3)9-11-17/h4-11,14-15H,12-13H2,1-3H3,(H,24,27)(H,26,28). The highest BCUT2D eigenvalue weighted by atomic mass is 32.1. The molecule has 0 fully saturated rings. The van der Waals surface area contributed by atoms with Gasteiger partial charge in [0.2, 0.25) is 0 Å². The van der Waals surface area contributed by atoms with E-state index in [-0.39, 0.29) is 18.4 Å². The first-order chi connectivity index (χ1) is 14.4. The molecule has 0 radical (unpaired) electrons. The minimum atomic E-state index is -0.364. The number of ether oxygens (including phenoxy) is 1. The molecule has 2 aromatic carbocycles. The Morgan fingerprint density at radius 3 is 2.53 bits per heavy atom. The van der Waals surface area contributed by atoms with Crippen molar-refractivity contribution in [1.29, 1.82) is 0 Å². The molecule has 2 N–H and O–H groups in total. The van der Waals surface area contributed by atoms with Crippen LogP contribution in [0, 0.1) is 12.8 Å². The summed E-state index contributed by atoms with van der Waals surface area (Å²) in [4.78, 5) is 29.4. The summed E-state index contributed by atoms with van der Waals surface area (Å²) in [5, 5.41) is 8.05. The summed E-state index contributed by atoms with van der Waals surface area (Å²) >= 11 is 1.36. The normalized spacial score (nSPS) is 10.7. The van der Waals surface area contributed by atoms with Crippen LogP contribution in [0.1, 0.15) is 45.3 Å². The third-order valence-corrected chi connectivity index (χ3v) is 5.08. The zero-order valence-electron chi connectivity index (χ0n) is 17.3. The molecule has 0 unspecified atom stereocenters. The molecule has 30 heavy (non-hydrogen) atoms. The Balaban J connectivity index is 1.63. The highest BCUT2D eigenvalue weighted by molar-refractivity contribution is 7.09. The number of hydrogen-bond donors (Lipinski definition) is 2. The van der Waals surface area contributed by atoms with E-state index < -0.39 is 0 Å². The van der Waals surface area contributed by atoms with Gasteiger partial charge in [-0.15, -0.1) is 11.3 Å². The average molecular weight is 424 g/mol. The molecule has 0 aliphatic carbocycles. The Hall–Kier alpha value is -3.19. The number of hydrogen-bond acceptors (Lipinski definition) is 5. The molecule has 156 valence electrons. The Bertz CT molecular complexity index is 1010. The number of aromatic nitrogens is 1. The molecule has 0 spiro atoms. The maximum atomic E-state index is 12.6. The number of benzene rings is 2. The highest BCUT2D eigenvalue weighted by Crippen LogP contribution is 2.19. The predicted molar refractivity (Wildman–Crippen MR) is 119 cm³/mol. The first kappa shape index (κ1) is 21.5. The number of para-hydroxylation sites is 1. The molecule has 0 saturated heterocycles. The molecule has 2 amide bonds. The number of aryl methyl sites for hydroxylation is 1. The summed E-state index contributed by atoms with van der Waals surface area (Å²) < 4.78 is 5.72. The van der Waals surface area contributed by atoms with Gasteiger partial charge in [0.1, 0.15) is 23.1 Å². The highest BCUT2D eigenvalue weighted by Gasteiger charge is 2.16. The van der Waals surface area contributed by atoms with E-state index in [1.165, 1.54) is 11.3 Å². The number of carbonyl (C=O) groups is 2. The fraction of sp³-hybridized carbons (Fsp3) is 0.261. The number of nitrogens with one attached hydrogen (secondary N) is 2. The monoisotopic (exact) mass is 423 g/mol. The molecule has 6 nitrogen and oxygen atoms in total. The molecule has 0 aliphatic rings. The largest absolute Gasteiger partial charge is 0.486 e. The molecule has 3 rings (SSSR count). The van der Waals surface area contributed by atoms with Gasteiger partial charge in [0.05, 0.1) is 11.3 Å².